The lowest BCUT2D eigenvalue weighted by Gasteiger charge is -2.22. The van der Waals surface area contributed by atoms with Crippen LogP contribution < -0.4 is 10.2 Å². The molecule has 0 saturated carbocycles. The number of hydrogen-bond acceptors (Lipinski definition) is 4. The molecule has 0 spiro atoms. The Morgan fingerprint density at radius 1 is 1.17 bits per heavy atom. The molecule has 2 aliphatic rings. The highest BCUT2D eigenvalue weighted by Gasteiger charge is 2.37. The van der Waals surface area contributed by atoms with Crippen LogP contribution in [0.25, 0.3) is 0 Å². The summed E-state index contributed by atoms with van der Waals surface area (Å²) >= 11 is 0. The predicted octanol–water partition coefficient (Wildman–Crippen LogP) is 0.746. The van der Waals surface area contributed by atoms with Crippen LogP contribution in [0.1, 0.15) is 0 Å². The summed E-state index contributed by atoms with van der Waals surface area (Å²) in [7, 11) is -3.15. The van der Waals surface area contributed by atoms with Gasteiger partial charge in [-0.25, -0.2) is 8.42 Å². The fourth-order valence-electron chi connectivity index (χ4n) is 3.08. The number of sulfone groups is 1. The first-order valence-electron chi connectivity index (χ1n) is 6.30. The number of fused-ring (bicyclic) bond motifs is 1. The molecule has 18 heavy (non-hydrogen) atoms. The van der Waals surface area contributed by atoms with Crippen LogP contribution in [0.3, 0.4) is 0 Å². The number of para-hydroxylation sites is 1. The molecule has 3 rings (SSSR count). The molecule has 0 aromatic heterocycles. The van der Waals surface area contributed by atoms with Gasteiger partial charge in [-0.2, -0.15) is 0 Å². The molecule has 0 amide bonds. The van der Waals surface area contributed by atoms with Gasteiger partial charge in [-0.15, -0.1) is 0 Å². The second-order valence-electron chi connectivity index (χ2n) is 5.32. The van der Waals surface area contributed by atoms with E-state index in [1.807, 2.05) is 12.1 Å². The van der Waals surface area contributed by atoms with Crippen LogP contribution in [0.15, 0.2) is 29.2 Å². The zero-order chi connectivity index (χ0) is 12.8. The van der Waals surface area contributed by atoms with Crippen molar-refractivity contribution in [3.05, 3.63) is 24.3 Å². The third kappa shape index (κ3) is 2.01. The Labute approximate surface area is 108 Å². The maximum atomic E-state index is 11.8. The number of rotatable bonds is 2. The monoisotopic (exact) mass is 266 g/mol. The maximum Gasteiger partial charge on any atom is 0.177 e. The molecular formula is C13H18N2O2S. The average Bonchev–Trinajstić information content (AvgIpc) is 2.87. The van der Waals surface area contributed by atoms with Crippen LogP contribution in [0.5, 0.6) is 0 Å². The van der Waals surface area contributed by atoms with Crippen molar-refractivity contribution in [2.45, 2.75) is 4.90 Å². The summed E-state index contributed by atoms with van der Waals surface area (Å²) in [6, 6.07) is 7.33. The van der Waals surface area contributed by atoms with E-state index < -0.39 is 9.84 Å². The molecule has 2 saturated heterocycles. The van der Waals surface area contributed by atoms with Gasteiger partial charge in [0, 0.05) is 32.4 Å². The zero-order valence-electron chi connectivity index (χ0n) is 10.5. The van der Waals surface area contributed by atoms with Crippen LogP contribution in [-0.2, 0) is 9.84 Å². The molecule has 2 fully saturated rings. The Bertz CT molecular complexity index is 544. The van der Waals surface area contributed by atoms with E-state index in [1.54, 1.807) is 12.1 Å². The van der Waals surface area contributed by atoms with Crippen molar-refractivity contribution >= 4 is 15.5 Å². The molecule has 98 valence electrons. The van der Waals surface area contributed by atoms with E-state index in [9.17, 15) is 8.42 Å². The molecule has 0 bridgehead atoms. The highest BCUT2D eigenvalue weighted by molar-refractivity contribution is 7.90. The van der Waals surface area contributed by atoms with E-state index in [-0.39, 0.29) is 0 Å². The predicted molar refractivity (Wildman–Crippen MR) is 71.6 cm³/mol. The lowest BCUT2D eigenvalue weighted by molar-refractivity contribution is 0.533. The van der Waals surface area contributed by atoms with Gasteiger partial charge in [-0.05, 0) is 24.0 Å². The van der Waals surface area contributed by atoms with Crippen molar-refractivity contribution in [1.82, 2.24) is 5.32 Å². The molecule has 1 N–H and O–H groups in total. The van der Waals surface area contributed by atoms with Crippen LogP contribution >= 0.6 is 0 Å². The van der Waals surface area contributed by atoms with Crippen LogP contribution in [0.4, 0.5) is 5.69 Å². The summed E-state index contributed by atoms with van der Waals surface area (Å²) in [4.78, 5) is 2.69. The first-order valence-corrected chi connectivity index (χ1v) is 8.19. The summed E-state index contributed by atoms with van der Waals surface area (Å²) in [6.45, 7) is 4.04. The van der Waals surface area contributed by atoms with Crippen LogP contribution in [0.2, 0.25) is 0 Å². The molecule has 2 aliphatic heterocycles. The largest absolute Gasteiger partial charge is 0.370 e. The summed E-state index contributed by atoms with van der Waals surface area (Å²) in [5.41, 5.74) is 0.870. The average molecular weight is 266 g/mol. The second-order valence-corrected chi connectivity index (χ2v) is 7.31. The van der Waals surface area contributed by atoms with Crippen molar-refractivity contribution in [3.63, 3.8) is 0 Å². The summed E-state index contributed by atoms with van der Waals surface area (Å²) in [5.74, 6) is 1.33. The number of hydrogen-bond donors (Lipinski definition) is 1. The van der Waals surface area contributed by atoms with Gasteiger partial charge in [-0.3, -0.25) is 0 Å². The van der Waals surface area contributed by atoms with Gasteiger partial charge < -0.3 is 10.2 Å². The van der Waals surface area contributed by atoms with Crippen molar-refractivity contribution in [2.75, 3.05) is 37.3 Å². The minimum absolute atomic E-state index is 0.456. The molecule has 2 heterocycles. The third-order valence-corrected chi connectivity index (χ3v) is 5.14. The Morgan fingerprint density at radius 3 is 2.39 bits per heavy atom. The van der Waals surface area contributed by atoms with Gasteiger partial charge in [0.1, 0.15) is 0 Å². The van der Waals surface area contributed by atoms with E-state index in [0.717, 1.165) is 31.9 Å². The molecule has 5 heteroatoms. The van der Waals surface area contributed by atoms with Gasteiger partial charge in [-0.1, -0.05) is 12.1 Å². The molecule has 2 unspecified atom stereocenters. The topological polar surface area (TPSA) is 49.4 Å². The van der Waals surface area contributed by atoms with E-state index in [4.69, 9.17) is 0 Å². The molecule has 1 aromatic carbocycles. The zero-order valence-corrected chi connectivity index (χ0v) is 11.3. The first-order chi connectivity index (χ1) is 8.55. The van der Waals surface area contributed by atoms with Crippen molar-refractivity contribution in [3.8, 4) is 0 Å². The quantitative estimate of drug-likeness (QED) is 0.858. The minimum Gasteiger partial charge on any atom is -0.370 e. The molecule has 0 aliphatic carbocycles. The van der Waals surface area contributed by atoms with Crippen molar-refractivity contribution in [1.29, 1.82) is 0 Å². The van der Waals surface area contributed by atoms with Gasteiger partial charge in [0.05, 0.1) is 10.6 Å². The minimum atomic E-state index is -3.15. The lowest BCUT2D eigenvalue weighted by Crippen LogP contribution is -2.26. The fraction of sp³-hybridized carbons (Fsp3) is 0.538. The van der Waals surface area contributed by atoms with E-state index in [1.165, 1.54) is 6.26 Å². The Balaban J connectivity index is 1.94. The Hall–Kier alpha value is -1.07. The van der Waals surface area contributed by atoms with Crippen LogP contribution in [0, 0.1) is 11.8 Å². The first kappa shape index (κ1) is 12.0. The van der Waals surface area contributed by atoms with Gasteiger partial charge >= 0.3 is 0 Å². The van der Waals surface area contributed by atoms with Gasteiger partial charge in [0.25, 0.3) is 0 Å². The second kappa shape index (κ2) is 4.24. The normalized spacial score (nSPS) is 27.5. The molecule has 2 atom stereocenters. The lowest BCUT2D eigenvalue weighted by atomic mass is 10.0. The van der Waals surface area contributed by atoms with Crippen molar-refractivity contribution in [2.24, 2.45) is 11.8 Å². The number of nitrogens with zero attached hydrogens (tertiary/aromatic N) is 1. The fourth-order valence-corrected chi connectivity index (χ4v) is 3.99. The molecule has 1 aromatic rings. The standard InChI is InChI=1S/C13H18N2O2S/c1-18(16,17)13-5-3-2-4-12(13)15-8-10-6-14-7-11(10)9-15/h2-5,10-11,14H,6-9H2,1H3. The van der Waals surface area contributed by atoms with Gasteiger partial charge in [0.15, 0.2) is 9.84 Å². The SMILES string of the molecule is CS(=O)(=O)c1ccccc1N1CC2CNCC2C1. The highest BCUT2D eigenvalue weighted by atomic mass is 32.2. The third-order valence-electron chi connectivity index (χ3n) is 3.99. The molecule has 4 nitrogen and oxygen atoms in total. The number of benzene rings is 1. The maximum absolute atomic E-state index is 11.8. The Morgan fingerprint density at radius 2 is 1.78 bits per heavy atom. The van der Waals surface area contributed by atoms with E-state index in [0.29, 0.717) is 16.7 Å². The summed E-state index contributed by atoms with van der Waals surface area (Å²) in [6.07, 6.45) is 1.28. The summed E-state index contributed by atoms with van der Waals surface area (Å²) in [5, 5.41) is 3.40. The smallest absolute Gasteiger partial charge is 0.177 e. The number of anilines is 1. The van der Waals surface area contributed by atoms with Crippen molar-refractivity contribution < 1.29 is 8.42 Å². The molecular weight excluding hydrogens is 248 g/mol. The molecule has 0 radical (unpaired) electrons. The highest BCUT2D eigenvalue weighted by Crippen LogP contribution is 2.33. The Kier molecular flexibility index (Phi) is 2.83. The van der Waals surface area contributed by atoms with E-state index in [2.05, 4.69) is 10.2 Å². The van der Waals surface area contributed by atoms with Gasteiger partial charge in [0.2, 0.25) is 0 Å². The summed E-state index contributed by atoms with van der Waals surface area (Å²) < 4.78 is 23.6. The van der Waals surface area contributed by atoms with Crippen LogP contribution in [-0.4, -0.2) is 40.9 Å². The number of nitrogens with one attached hydrogen (secondary N) is 1. The van der Waals surface area contributed by atoms with E-state index >= 15 is 0 Å².